The van der Waals surface area contributed by atoms with Crippen molar-refractivity contribution in [1.82, 2.24) is 20.5 Å². The minimum atomic E-state index is 0. The molecule has 1 aliphatic heterocycles. The fraction of sp³-hybridized carbons (Fsp3) is 0.524. The molecule has 3 rings (SSSR count). The van der Waals surface area contributed by atoms with E-state index in [1.54, 1.807) is 13.4 Å². The Morgan fingerprint density at radius 1 is 1.28 bits per heavy atom. The van der Waals surface area contributed by atoms with Crippen molar-refractivity contribution in [3.63, 3.8) is 0 Å². The van der Waals surface area contributed by atoms with Gasteiger partial charge in [0.2, 0.25) is 5.89 Å². The molecule has 29 heavy (non-hydrogen) atoms. The lowest BCUT2D eigenvalue weighted by molar-refractivity contribution is 0.128. The minimum absolute atomic E-state index is 0. The van der Waals surface area contributed by atoms with Crippen molar-refractivity contribution in [3.05, 3.63) is 42.3 Å². The molecule has 0 atom stereocenters. The fourth-order valence-electron chi connectivity index (χ4n) is 3.29. The Hall–Kier alpha value is -1.65. The zero-order valence-corrected chi connectivity index (χ0v) is 19.6. The van der Waals surface area contributed by atoms with E-state index in [4.69, 9.17) is 14.1 Å². The van der Waals surface area contributed by atoms with Crippen LogP contribution >= 0.6 is 24.0 Å². The van der Waals surface area contributed by atoms with Gasteiger partial charge < -0.3 is 24.7 Å². The van der Waals surface area contributed by atoms with Crippen LogP contribution in [0.3, 0.4) is 0 Å². The summed E-state index contributed by atoms with van der Waals surface area (Å²) in [6.07, 6.45) is 3.90. The molecule has 0 spiro atoms. The number of benzene rings is 1. The van der Waals surface area contributed by atoms with Gasteiger partial charge in [0.05, 0.1) is 13.2 Å². The third-order valence-corrected chi connectivity index (χ3v) is 4.86. The highest BCUT2D eigenvalue weighted by molar-refractivity contribution is 14.0. The number of methoxy groups -OCH3 is 1. The van der Waals surface area contributed by atoms with Gasteiger partial charge >= 0.3 is 0 Å². The van der Waals surface area contributed by atoms with E-state index in [2.05, 4.69) is 27.4 Å². The number of ether oxygens (including phenoxy) is 1. The van der Waals surface area contributed by atoms with Gasteiger partial charge in [-0.1, -0.05) is 18.2 Å². The number of oxazole rings is 1. The number of nitrogens with zero attached hydrogens (tertiary/aromatic N) is 3. The van der Waals surface area contributed by atoms with E-state index in [1.807, 2.05) is 30.3 Å². The second-order valence-corrected chi connectivity index (χ2v) is 6.96. The first kappa shape index (κ1) is 23.6. The highest BCUT2D eigenvalue weighted by Crippen LogP contribution is 2.18. The average Bonchev–Trinajstić information content (AvgIpc) is 3.21. The van der Waals surface area contributed by atoms with E-state index in [0.717, 1.165) is 62.8 Å². The summed E-state index contributed by atoms with van der Waals surface area (Å²) in [6, 6.07) is 10.4. The number of guanidine groups is 1. The quantitative estimate of drug-likeness (QED) is 0.321. The molecule has 1 fully saturated rings. The molecule has 1 aromatic carbocycles. The van der Waals surface area contributed by atoms with Gasteiger partial charge in [0.25, 0.3) is 0 Å². The maximum atomic E-state index is 5.60. The monoisotopic (exact) mass is 513 g/mol. The van der Waals surface area contributed by atoms with Gasteiger partial charge in [-0.25, -0.2) is 9.98 Å². The van der Waals surface area contributed by atoms with E-state index < -0.39 is 0 Å². The third-order valence-electron chi connectivity index (χ3n) is 4.86. The van der Waals surface area contributed by atoms with Crippen molar-refractivity contribution in [3.8, 4) is 11.5 Å². The molecule has 7 nitrogen and oxygen atoms in total. The predicted molar refractivity (Wildman–Crippen MR) is 127 cm³/mol. The molecule has 0 bridgehead atoms. The van der Waals surface area contributed by atoms with Crippen molar-refractivity contribution in [1.29, 1.82) is 0 Å². The van der Waals surface area contributed by atoms with E-state index in [-0.39, 0.29) is 24.0 Å². The lowest BCUT2D eigenvalue weighted by Crippen LogP contribution is -2.49. The first-order valence-corrected chi connectivity index (χ1v) is 10.0. The number of halogens is 1. The molecule has 0 unspecified atom stereocenters. The summed E-state index contributed by atoms with van der Waals surface area (Å²) in [5.41, 5.74) is 1.80. The molecular formula is C21H32IN5O2. The zero-order chi connectivity index (χ0) is 19.6. The Labute approximate surface area is 190 Å². The standard InChI is InChI=1S/C21H31N5O2.HI/c1-3-22-21(25-18-9-11-26(12-10-18)13-14-27-2)23-15-19-16-28-20(24-19)17-7-5-4-6-8-17;/h4-8,16,18H,3,9-15H2,1-2H3,(H2,22,23,25);1H. The highest BCUT2D eigenvalue weighted by Gasteiger charge is 2.19. The van der Waals surface area contributed by atoms with Crippen molar-refractivity contribution in [2.45, 2.75) is 32.4 Å². The van der Waals surface area contributed by atoms with Gasteiger partial charge in [-0.15, -0.1) is 24.0 Å². The van der Waals surface area contributed by atoms with Gasteiger partial charge in [-0.05, 0) is 31.9 Å². The van der Waals surface area contributed by atoms with Gasteiger partial charge in [0.15, 0.2) is 5.96 Å². The molecule has 1 saturated heterocycles. The van der Waals surface area contributed by atoms with E-state index in [0.29, 0.717) is 18.5 Å². The second kappa shape index (κ2) is 12.8. The largest absolute Gasteiger partial charge is 0.444 e. The number of hydrogen-bond donors (Lipinski definition) is 2. The lowest BCUT2D eigenvalue weighted by atomic mass is 10.1. The molecule has 160 valence electrons. The number of aliphatic imine (C=N–C) groups is 1. The van der Waals surface area contributed by atoms with Crippen molar-refractivity contribution in [2.75, 3.05) is 39.9 Å². The summed E-state index contributed by atoms with van der Waals surface area (Å²) in [5.74, 6) is 1.47. The van der Waals surface area contributed by atoms with Crippen LogP contribution in [0.25, 0.3) is 11.5 Å². The van der Waals surface area contributed by atoms with Crippen LogP contribution in [0.4, 0.5) is 0 Å². The second-order valence-electron chi connectivity index (χ2n) is 6.96. The summed E-state index contributed by atoms with van der Waals surface area (Å²) < 4.78 is 10.8. The van der Waals surface area contributed by atoms with E-state index >= 15 is 0 Å². The van der Waals surface area contributed by atoms with Gasteiger partial charge in [-0.3, -0.25) is 0 Å². The Balaban J connectivity index is 0.00000300. The first-order valence-electron chi connectivity index (χ1n) is 10.0. The van der Waals surface area contributed by atoms with Crippen LogP contribution in [0, 0.1) is 0 Å². The molecule has 2 N–H and O–H groups in total. The van der Waals surface area contributed by atoms with Crippen molar-refractivity contribution in [2.24, 2.45) is 4.99 Å². The van der Waals surface area contributed by atoms with Crippen LogP contribution < -0.4 is 10.6 Å². The molecular weight excluding hydrogens is 481 g/mol. The third kappa shape index (κ3) is 7.60. The van der Waals surface area contributed by atoms with Gasteiger partial charge in [0.1, 0.15) is 12.0 Å². The van der Waals surface area contributed by atoms with Crippen LogP contribution in [0.5, 0.6) is 0 Å². The average molecular weight is 513 g/mol. The smallest absolute Gasteiger partial charge is 0.226 e. The number of rotatable bonds is 8. The molecule has 1 aromatic heterocycles. The first-order chi connectivity index (χ1) is 13.8. The molecule has 1 aliphatic rings. The predicted octanol–water partition coefficient (Wildman–Crippen LogP) is 3.13. The van der Waals surface area contributed by atoms with Gasteiger partial charge in [-0.2, -0.15) is 0 Å². The number of piperidine rings is 1. The molecule has 0 saturated carbocycles. The molecule has 0 aliphatic carbocycles. The van der Waals surface area contributed by atoms with Crippen LogP contribution in [-0.4, -0.2) is 61.8 Å². The highest BCUT2D eigenvalue weighted by atomic mass is 127. The maximum Gasteiger partial charge on any atom is 0.226 e. The van der Waals surface area contributed by atoms with E-state index in [1.165, 1.54) is 0 Å². The Morgan fingerprint density at radius 3 is 2.72 bits per heavy atom. The minimum Gasteiger partial charge on any atom is -0.444 e. The number of likely N-dealkylation sites (tertiary alicyclic amines) is 1. The SMILES string of the molecule is CCNC(=NCc1coc(-c2ccccc2)n1)NC1CCN(CCOC)CC1.I. The topological polar surface area (TPSA) is 74.9 Å². The fourth-order valence-corrected chi connectivity index (χ4v) is 3.29. The number of hydrogen-bond acceptors (Lipinski definition) is 5. The van der Waals surface area contributed by atoms with Crippen LogP contribution in [-0.2, 0) is 11.3 Å². The van der Waals surface area contributed by atoms with Crippen molar-refractivity contribution < 1.29 is 9.15 Å². The van der Waals surface area contributed by atoms with Gasteiger partial charge in [0, 0.05) is 44.9 Å². The number of aromatic nitrogens is 1. The molecule has 0 radical (unpaired) electrons. The molecule has 2 aromatic rings. The van der Waals surface area contributed by atoms with E-state index in [9.17, 15) is 0 Å². The van der Waals surface area contributed by atoms with Crippen LogP contribution in [0.15, 0.2) is 46.0 Å². The van der Waals surface area contributed by atoms with Crippen LogP contribution in [0.2, 0.25) is 0 Å². The molecule has 0 amide bonds. The zero-order valence-electron chi connectivity index (χ0n) is 17.3. The Kier molecular flexibility index (Phi) is 10.4. The van der Waals surface area contributed by atoms with Crippen molar-refractivity contribution >= 4 is 29.9 Å². The molecule has 2 heterocycles. The molecule has 8 heteroatoms. The number of nitrogens with one attached hydrogen (secondary N) is 2. The summed E-state index contributed by atoms with van der Waals surface area (Å²) in [6.45, 7) is 7.37. The Morgan fingerprint density at radius 2 is 2.03 bits per heavy atom. The normalized spacial score (nSPS) is 15.7. The Bertz CT molecular complexity index is 730. The summed E-state index contributed by atoms with van der Waals surface area (Å²) in [5, 5.41) is 6.90. The maximum absolute atomic E-state index is 5.60. The summed E-state index contributed by atoms with van der Waals surface area (Å²) >= 11 is 0. The lowest BCUT2D eigenvalue weighted by Gasteiger charge is -2.32. The summed E-state index contributed by atoms with van der Waals surface area (Å²) in [7, 11) is 1.76. The van der Waals surface area contributed by atoms with Crippen LogP contribution in [0.1, 0.15) is 25.5 Å². The summed E-state index contributed by atoms with van der Waals surface area (Å²) in [4.78, 5) is 11.7.